The molecule has 3 aromatic rings. The third-order valence-electron chi connectivity index (χ3n) is 3.69. The summed E-state index contributed by atoms with van der Waals surface area (Å²) in [6.07, 6.45) is 3.92. The summed E-state index contributed by atoms with van der Waals surface area (Å²) in [5, 5.41) is 0. The molecule has 24 heavy (non-hydrogen) atoms. The minimum absolute atomic E-state index is 0.215. The molecule has 4 rings (SSSR count). The van der Waals surface area contributed by atoms with Crippen LogP contribution in [0.4, 0.5) is 5.82 Å². The molecule has 8 heteroatoms. The topological polar surface area (TPSA) is 117 Å². The Bertz CT molecular complexity index is 936. The number of anilines is 1. The molecule has 4 N–H and O–H groups in total. The van der Waals surface area contributed by atoms with E-state index in [9.17, 15) is 4.79 Å². The minimum atomic E-state index is -0.565. The van der Waals surface area contributed by atoms with Gasteiger partial charge in [-0.25, -0.2) is 15.0 Å². The first-order valence-electron chi connectivity index (χ1n) is 7.26. The van der Waals surface area contributed by atoms with Gasteiger partial charge in [-0.15, -0.1) is 11.3 Å². The fraction of sp³-hybridized carbons (Fsp3) is 0.125. The predicted molar refractivity (Wildman–Crippen MR) is 90.7 cm³/mol. The molecule has 0 saturated carbocycles. The Balaban J connectivity index is 1.86. The number of nitrogens with zero attached hydrogens (tertiary/aromatic N) is 3. The third-order valence-corrected chi connectivity index (χ3v) is 4.89. The first-order valence-corrected chi connectivity index (χ1v) is 8.08. The molecule has 3 aromatic heterocycles. The van der Waals surface area contributed by atoms with Crippen LogP contribution in [0.25, 0.3) is 21.1 Å². The molecule has 7 nitrogen and oxygen atoms in total. The quantitative estimate of drug-likeness (QED) is 0.736. The number of aromatic nitrogens is 3. The average molecular weight is 339 g/mol. The zero-order valence-corrected chi connectivity index (χ0v) is 13.3. The van der Waals surface area contributed by atoms with Gasteiger partial charge in [-0.1, -0.05) is 0 Å². The van der Waals surface area contributed by atoms with Crippen molar-refractivity contribution in [2.45, 2.75) is 6.42 Å². The Morgan fingerprint density at radius 1 is 1.25 bits per heavy atom. The monoisotopic (exact) mass is 339 g/mol. The Morgan fingerprint density at radius 3 is 2.88 bits per heavy atom. The number of amides is 1. The molecule has 0 atom stereocenters. The Morgan fingerprint density at radius 2 is 2.12 bits per heavy atom. The van der Waals surface area contributed by atoms with Gasteiger partial charge in [0, 0.05) is 6.42 Å². The summed E-state index contributed by atoms with van der Waals surface area (Å²) in [7, 11) is 0. The smallest absolute Gasteiger partial charge is 0.267 e. The lowest BCUT2D eigenvalue weighted by Gasteiger charge is -2.07. The van der Waals surface area contributed by atoms with Gasteiger partial charge in [0.1, 0.15) is 23.0 Å². The molecular formula is C16H13N5O2S. The number of carbonyl (C=O) groups excluding carboxylic acids is 1. The molecule has 1 amide bonds. The van der Waals surface area contributed by atoms with E-state index in [1.54, 1.807) is 18.3 Å². The molecule has 0 fully saturated rings. The van der Waals surface area contributed by atoms with Crippen molar-refractivity contribution in [1.82, 2.24) is 15.0 Å². The summed E-state index contributed by atoms with van der Waals surface area (Å²) in [4.78, 5) is 26.1. The number of hydrogen-bond donors (Lipinski definition) is 2. The summed E-state index contributed by atoms with van der Waals surface area (Å²) in [5.41, 5.74) is 13.6. The van der Waals surface area contributed by atoms with E-state index in [4.69, 9.17) is 16.2 Å². The van der Waals surface area contributed by atoms with Gasteiger partial charge in [0.25, 0.3) is 5.91 Å². The summed E-state index contributed by atoms with van der Waals surface area (Å²) >= 11 is 1.53. The number of nitrogens with two attached hydrogens (primary N) is 2. The van der Waals surface area contributed by atoms with Gasteiger partial charge in [0.15, 0.2) is 0 Å². The largest absolute Gasteiger partial charge is 0.491 e. The second kappa shape index (κ2) is 5.57. The number of nitrogen functional groups attached to an aromatic ring is 1. The lowest BCUT2D eigenvalue weighted by molar-refractivity contribution is 0.0995. The summed E-state index contributed by atoms with van der Waals surface area (Å²) in [6.45, 7) is 0.543. The van der Waals surface area contributed by atoms with Gasteiger partial charge in [-0.05, 0) is 23.8 Å². The van der Waals surface area contributed by atoms with E-state index < -0.39 is 5.91 Å². The molecule has 0 spiro atoms. The van der Waals surface area contributed by atoms with Crippen LogP contribution >= 0.6 is 11.3 Å². The van der Waals surface area contributed by atoms with Crippen LogP contribution < -0.4 is 16.2 Å². The van der Waals surface area contributed by atoms with Crippen molar-refractivity contribution in [2.75, 3.05) is 12.3 Å². The Hall–Kier alpha value is -3.00. The molecule has 1 aliphatic rings. The third kappa shape index (κ3) is 2.46. The van der Waals surface area contributed by atoms with Gasteiger partial charge in [0.05, 0.1) is 34.4 Å². The second-order valence-corrected chi connectivity index (χ2v) is 6.35. The van der Waals surface area contributed by atoms with Gasteiger partial charge in [0.2, 0.25) is 0 Å². The first kappa shape index (κ1) is 14.6. The summed E-state index contributed by atoms with van der Waals surface area (Å²) in [6, 6.07) is 5.36. The van der Waals surface area contributed by atoms with Crippen LogP contribution in [0.1, 0.15) is 16.1 Å². The fourth-order valence-corrected chi connectivity index (χ4v) is 3.71. The number of fused-ring (bicyclic) bond motifs is 3. The molecule has 120 valence electrons. The highest BCUT2D eigenvalue weighted by Crippen LogP contribution is 2.42. The molecule has 0 saturated heterocycles. The van der Waals surface area contributed by atoms with E-state index in [-0.39, 0.29) is 5.69 Å². The molecule has 1 aliphatic heterocycles. The molecule has 0 aromatic carbocycles. The SMILES string of the molecule is NC(=O)c1ccc2c(n1)-c1sc(-c3cnc(N)cn3)cc1CCO2. The summed E-state index contributed by atoms with van der Waals surface area (Å²) < 4.78 is 5.73. The van der Waals surface area contributed by atoms with Crippen LogP contribution in [0.2, 0.25) is 0 Å². The van der Waals surface area contributed by atoms with Crippen LogP contribution in [0.15, 0.2) is 30.6 Å². The van der Waals surface area contributed by atoms with Crippen molar-refractivity contribution in [3.63, 3.8) is 0 Å². The number of pyridine rings is 1. The van der Waals surface area contributed by atoms with E-state index >= 15 is 0 Å². The van der Waals surface area contributed by atoms with Crippen molar-refractivity contribution < 1.29 is 9.53 Å². The average Bonchev–Trinajstić information content (AvgIpc) is 2.92. The van der Waals surface area contributed by atoms with Crippen LogP contribution in [0, 0.1) is 0 Å². The first-order chi connectivity index (χ1) is 11.6. The maximum atomic E-state index is 11.4. The second-order valence-electron chi connectivity index (χ2n) is 5.30. The number of thiophene rings is 1. The number of hydrogen-bond acceptors (Lipinski definition) is 7. The zero-order chi connectivity index (χ0) is 16.7. The highest BCUT2D eigenvalue weighted by Gasteiger charge is 2.22. The lowest BCUT2D eigenvalue weighted by atomic mass is 10.1. The zero-order valence-electron chi connectivity index (χ0n) is 12.5. The maximum Gasteiger partial charge on any atom is 0.267 e. The molecule has 0 unspecified atom stereocenters. The Labute approximate surface area is 141 Å². The van der Waals surface area contributed by atoms with E-state index in [1.165, 1.54) is 17.5 Å². The molecular weight excluding hydrogens is 326 g/mol. The summed E-state index contributed by atoms with van der Waals surface area (Å²) in [5.74, 6) is 0.462. The Kier molecular flexibility index (Phi) is 3.39. The molecule has 0 aliphatic carbocycles. The highest BCUT2D eigenvalue weighted by atomic mass is 32.1. The number of ether oxygens (including phenoxy) is 1. The van der Waals surface area contributed by atoms with Crippen LogP contribution in [0.3, 0.4) is 0 Å². The highest BCUT2D eigenvalue weighted by molar-refractivity contribution is 7.19. The van der Waals surface area contributed by atoms with Crippen molar-refractivity contribution in [3.05, 3.63) is 41.9 Å². The van der Waals surface area contributed by atoms with Gasteiger partial charge in [-0.3, -0.25) is 4.79 Å². The number of carbonyl (C=O) groups is 1. The molecule has 0 bridgehead atoms. The van der Waals surface area contributed by atoms with Crippen LogP contribution in [-0.2, 0) is 6.42 Å². The van der Waals surface area contributed by atoms with Crippen molar-refractivity contribution in [1.29, 1.82) is 0 Å². The van der Waals surface area contributed by atoms with E-state index in [2.05, 4.69) is 21.0 Å². The van der Waals surface area contributed by atoms with E-state index in [0.29, 0.717) is 23.9 Å². The number of rotatable bonds is 2. The van der Waals surface area contributed by atoms with E-state index in [1.807, 2.05) is 0 Å². The standard InChI is InChI=1S/C16H13N5O2S/c17-13-7-19-10(6-20-13)12-5-8-3-4-23-11-2-1-9(16(18)22)21-14(11)15(8)24-12/h1-2,5-7H,3-4H2,(H2,17,20)(H2,18,22). The van der Waals surface area contributed by atoms with Gasteiger partial charge in [-0.2, -0.15) is 0 Å². The van der Waals surface area contributed by atoms with Gasteiger partial charge >= 0.3 is 0 Å². The predicted octanol–water partition coefficient (Wildman–Crippen LogP) is 1.88. The van der Waals surface area contributed by atoms with E-state index in [0.717, 1.165) is 27.4 Å². The fourth-order valence-electron chi connectivity index (χ4n) is 2.54. The minimum Gasteiger partial charge on any atom is -0.491 e. The molecule has 4 heterocycles. The maximum absolute atomic E-state index is 11.4. The van der Waals surface area contributed by atoms with Crippen molar-refractivity contribution >= 4 is 23.1 Å². The lowest BCUT2D eigenvalue weighted by Crippen LogP contribution is -2.13. The number of primary amides is 1. The van der Waals surface area contributed by atoms with Gasteiger partial charge < -0.3 is 16.2 Å². The molecule has 0 radical (unpaired) electrons. The van der Waals surface area contributed by atoms with Crippen LogP contribution in [-0.4, -0.2) is 27.5 Å². The van der Waals surface area contributed by atoms with Crippen molar-refractivity contribution in [2.24, 2.45) is 5.73 Å². The van der Waals surface area contributed by atoms with Crippen LogP contribution in [0.5, 0.6) is 5.75 Å². The van der Waals surface area contributed by atoms with Crippen molar-refractivity contribution in [3.8, 4) is 26.9 Å². The normalized spacial score (nSPS) is 12.7.